The molecule has 0 bridgehead atoms. The molecule has 0 radical (unpaired) electrons. The second-order valence-electron chi connectivity index (χ2n) is 9.10. The van der Waals surface area contributed by atoms with E-state index in [-0.39, 0.29) is 11.4 Å². The fourth-order valence-corrected chi connectivity index (χ4v) is 3.81. The third-order valence-electron chi connectivity index (χ3n) is 5.14. The van der Waals surface area contributed by atoms with Crippen LogP contribution in [0.25, 0.3) is 22.9 Å². The zero-order valence-corrected chi connectivity index (χ0v) is 18.9. The summed E-state index contributed by atoms with van der Waals surface area (Å²) in [6.07, 6.45) is 7.35. The number of benzene rings is 1. The van der Waals surface area contributed by atoms with Gasteiger partial charge in [-0.25, -0.2) is 14.8 Å². The predicted octanol–water partition coefficient (Wildman–Crippen LogP) is 4.69. The second kappa shape index (κ2) is 8.13. The Hall–Kier alpha value is -2.64. The van der Waals surface area contributed by atoms with Crippen LogP contribution in [0.1, 0.15) is 38.4 Å². The van der Waals surface area contributed by atoms with Crippen molar-refractivity contribution in [2.45, 2.75) is 39.7 Å². The molecule has 0 amide bonds. The van der Waals surface area contributed by atoms with Gasteiger partial charge in [-0.15, -0.1) is 11.6 Å². The lowest BCUT2D eigenvalue weighted by atomic mass is 9.81. The number of oxazole rings is 1. The number of carbonyl (C=O) groups excluding carboxylic acids is 1. The number of imidazole rings is 1. The summed E-state index contributed by atoms with van der Waals surface area (Å²) in [6.45, 7) is 8.52. The molecule has 1 fully saturated rings. The molecule has 0 N–H and O–H groups in total. The lowest BCUT2D eigenvalue weighted by molar-refractivity contribution is -0.151. The van der Waals surface area contributed by atoms with Gasteiger partial charge < -0.3 is 18.5 Å². The van der Waals surface area contributed by atoms with Gasteiger partial charge in [-0.1, -0.05) is 6.07 Å². The van der Waals surface area contributed by atoms with E-state index in [9.17, 15) is 4.79 Å². The highest BCUT2D eigenvalue weighted by atomic mass is 35.5. The number of ether oxygens (including phenoxy) is 2. The van der Waals surface area contributed by atoms with Crippen LogP contribution in [0.5, 0.6) is 0 Å². The average molecular weight is 444 g/mol. The highest BCUT2D eigenvalue weighted by Gasteiger charge is 2.40. The highest BCUT2D eigenvalue weighted by Crippen LogP contribution is 2.37. The van der Waals surface area contributed by atoms with Crippen LogP contribution in [0, 0.1) is 12.3 Å². The van der Waals surface area contributed by atoms with E-state index in [1.165, 1.54) is 6.39 Å². The molecule has 3 heterocycles. The van der Waals surface area contributed by atoms with Gasteiger partial charge in [0, 0.05) is 28.6 Å². The number of aryl methyl sites for hydroxylation is 1. The standard InChI is InChI=1S/C23H26ClN3O4/c1-15-9-27(13-25-15)18-6-5-16(19-20(18)30-14-26-19)7-17(21(28)31-22(2,3)4)8-23(10-24)11-29-12-23/h5-7,9,13-14H,8,10-12H2,1-4H3/b17-7+. The number of fused-ring (bicyclic) bond motifs is 1. The molecule has 1 aliphatic rings. The lowest BCUT2D eigenvalue weighted by Gasteiger charge is -2.40. The molecule has 8 heteroatoms. The number of carbonyl (C=O) groups is 1. The number of nitrogens with zero attached hydrogens (tertiary/aromatic N) is 3. The normalized spacial score (nSPS) is 16.4. The molecule has 3 aromatic rings. The first kappa shape index (κ1) is 21.6. The summed E-state index contributed by atoms with van der Waals surface area (Å²) in [7, 11) is 0. The first-order valence-corrected chi connectivity index (χ1v) is 10.7. The fraction of sp³-hybridized carbons (Fsp3) is 0.435. The Kier molecular flexibility index (Phi) is 5.66. The number of aromatic nitrogens is 3. The number of esters is 1. The monoisotopic (exact) mass is 443 g/mol. The van der Waals surface area contributed by atoms with Crippen molar-refractivity contribution < 1.29 is 18.7 Å². The summed E-state index contributed by atoms with van der Waals surface area (Å²) in [6, 6.07) is 3.85. The first-order chi connectivity index (χ1) is 14.7. The van der Waals surface area contributed by atoms with Gasteiger partial charge in [0.2, 0.25) is 0 Å². The number of alkyl halides is 1. The number of hydrogen-bond donors (Lipinski definition) is 0. The van der Waals surface area contributed by atoms with Gasteiger partial charge in [-0.2, -0.15) is 0 Å². The number of hydrogen-bond acceptors (Lipinski definition) is 6. The second-order valence-corrected chi connectivity index (χ2v) is 9.37. The van der Waals surface area contributed by atoms with Crippen molar-refractivity contribution in [3.63, 3.8) is 0 Å². The van der Waals surface area contributed by atoms with Gasteiger partial charge >= 0.3 is 5.97 Å². The topological polar surface area (TPSA) is 79.4 Å². The van der Waals surface area contributed by atoms with Crippen molar-refractivity contribution in [2.75, 3.05) is 19.1 Å². The van der Waals surface area contributed by atoms with Gasteiger partial charge in [-0.3, -0.25) is 0 Å². The molecule has 0 saturated carbocycles. The van der Waals surface area contributed by atoms with E-state index in [0.717, 1.165) is 16.9 Å². The van der Waals surface area contributed by atoms with Crippen molar-refractivity contribution in [3.8, 4) is 5.69 Å². The van der Waals surface area contributed by atoms with E-state index in [0.29, 0.717) is 42.2 Å². The van der Waals surface area contributed by atoms with E-state index in [4.69, 9.17) is 25.5 Å². The average Bonchev–Trinajstić information content (AvgIpc) is 3.31. The fourth-order valence-electron chi connectivity index (χ4n) is 3.56. The largest absolute Gasteiger partial charge is 0.457 e. The molecule has 1 saturated heterocycles. The maximum atomic E-state index is 13.0. The summed E-state index contributed by atoms with van der Waals surface area (Å²) in [4.78, 5) is 21.7. The predicted molar refractivity (Wildman–Crippen MR) is 118 cm³/mol. The smallest absolute Gasteiger partial charge is 0.334 e. The summed E-state index contributed by atoms with van der Waals surface area (Å²) < 4.78 is 18.6. The lowest BCUT2D eigenvalue weighted by Crippen LogP contribution is -2.45. The molecule has 4 rings (SSSR count). The first-order valence-electron chi connectivity index (χ1n) is 10.1. The minimum absolute atomic E-state index is 0.262. The molecule has 1 aliphatic heterocycles. The molecule has 0 unspecified atom stereocenters. The van der Waals surface area contributed by atoms with Gasteiger partial charge in [0.25, 0.3) is 0 Å². The third kappa shape index (κ3) is 4.52. The molecule has 0 atom stereocenters. The maximum absolute atomic E-state index is 13.0. The van der Waals surface area contributed by atoms with Gasteiger partial charge in [-0.05, 0) is 46.3 Å². The van der Waals surface area contributed by atoms with E-state index in [1.807, 2.05) is 56.7 Å². The van der Waals surface area contributed by atoms with Crippen molar-refractivity contribution in [1.82, 2.24) is 14.5 Å². The zero-order valence-electron chi connectivity index (χ0n) is 18.1. The van der Waals surface area contributed by atoms with Gasteiger partial charge in [0.05, 0.1) is 30.9 Å². The molecular weight excluding hydrogens is 418 g/mol. The van der Waals surface area contributed by atoms with Crippen LogP contribution in [0.15, 0.2) is 41.0 Å². The third-order valence-corrected chi connectivity index (χ3v) is 5.71. The molecule has 0 spiro atoms. The summed E-state index contributed by atoms with van der Waals surface area (Å²) in [5, 5.41) is 0. The van der Waals surface area contributed by atoms with Crippen LogP contribution >= 0.6 is 11.6 Å². The van der Waals surface area contributed by atoms with Crippen LogP contribution in [-0.4, -0.2) is 45.2 Å². The Morgan fingerprint density at radius 2 is 2.10 bits per heavy atom. The van der Waals surface area contributed by atoms with E-state index >= 15 is 0 Å². The molecule has 31 heavy (non-hydrogen) atoms. The Labute approximate surface area is 186 Å². The van der Waals surface area contributed by atoms with Gasteiger partial charge in [0.1, 0.15) is 11.1 Å². The molecular formula is C23H26ClN3O4. The number of rotatable bonds is 6. The minimum atomic E-state index is -0.604. The highest BCUT2D eigenvalue weighted by molar-refractivity contribution is 6.18. The Morgan fingerprint density at radius 1 is 1.32 bits per heavy atom. The molecule has 7 nitrogen and oxygen atoms in total. The van der Waals surface area contributed by atoms with Crippen LogP contribution in [0.3, 0.4) is 0 Å². The van der Waals surface area contributed by atoms with Crippen molar-refractivity contribution in [2.24, 2.45) is 5.41 Å². The van der Waals surface area contributed by atoms with Crippen molar-refractivity contribution in [3.05, 3.63) is 47.9 Å². The SMILES string of the molecule is Cc1cn(-c2ccc(/C=C(\CC3(CCl)COC3)C(=O)OC(C)(C)C)c3ncoc23)cn1. The number of halogens is 1. The zero-order chi connectivity index (χ0) is 22.2. The van der Waals surface area contributed by atoms with Crippen molar-refractivity contribution >= 4 is 34.7 Å². The molecule has 164 valence electrons. The molecule has 1 aromatic carbocycles. The minimum Gasteiger partial charge on any atom is -0.457 e. The van der Waals surface area contributed by atoms with Gasteiger partial charge in [0.15, 0.2) is 12.0 Å². The van der Waals surface area contributed by atoms with E-state index < -0.39 is 5.60 Å². The quantitative estimate of drug-likeness (QED) is 0.312. The van der Waals surface area contributed by atoms with E-state index in [1.54, 1.807) is 6.33 Å². The van der Waals surface area contributed by atoms with Crippen LogP contribution < -0.4 is 0 Å². The Morgan fingerprint density at radius 3 is 2.68 bits per heavy atom. The summed E-state index contributed by atoms with van der Waals surface area (Å²) in [5.74, 6) is 0.0423. The van der Waals surface area contributed by atoms with E-state index in [2.05, 4.69) is 9.97 Å². The van der Waals surface area contributed by atoms with Crippen LogP contribution in [0.4, 0.5) is 0 Å². The Bertz CT molecular complexity index is 1130. The summed E-state index contributed by atoms with van der Waals surface area (Å²) in [5.41, 5.74) is 3.45. The Balaban J connectivity index is 1.76. The summed E-state index contributed by atoms with van der Waals surface area (Å²) >= 11 is 6.22. The maximum Gasteiger partial charge on any atom is 0.334 e. The molecule has 0 aliphatic carbocycles. The molecule has 2 aromatic heterocycles. The van der Waals surface area contributed by atoms with Crippen molar-refractivity contribution in [1.29, 1.82) is 0 Å². The van der Waals surface area contributed by atoms with Crippen LogP contribution in [0.2, 0.25) is 0 Å². The van der Waals surface area contributed by atoms with Crippen LogP contribution in [-0.2, 0) is 14.3 Å².